The molecule has 0 amide bonds. The minimum Gasteiger partial charge on any atom is -0.460 e. The molecule has 0 radical (unpaired) electrons. The molecule has 0 spiro atoms. The van der Waals surface area contributed by atoms with Crippen molar-refractivity contribution in [2.45, 2.75) is 51.7 Å². The number of fused-ring (bicyclic) bond motifs is 1. The van der Waals surface area contributed by atoms with Crippen molar-refractivity contribution >= 4 is 12.2 Å². The van der Waals surface area contributed by atoms with Crippen LogP contribution in [0.2, 0.25) is 0 Å². The molecule has 8 heteroatoms. The summed E-state index contributed by atoms with van der Waals surface area (Å²) < 4.78 is 33.2. The van der Waals surface area contributed by atoms with E-state index in [1.807, 2.05) is 6.07 Å². The van der Waals surface area contributed by atoms with Crippen molar-refractivity contribution in [2.24, 2.45) is 4.99 Å². The lowest BCUT2D eigenvalue weighted by atomic mass is 9.88. The van der Waals surface area contributed by atoms with E-state index in [1.165, 1.54) is 18.5 Å². The van der Waals surface area contributed by atoms with E-state index in [-0.39, 0.29) is 12.8 Å². The first-order valence-corrected chi connectivity index (χ1v) is 10.6. The van der Waals surface area contributed by atoms with Crippen LogP contribution in [0.5, 0.6) is 0 Å². The highest BCUT2D eigenvalue weighted by molar-refractivity contribution is 5.86. The SMILES string of the molecule is CC(C)(C)OC(=O)C[C@@H](Cc1cc(F)cc(F)c1)c1ncncc1-c1cnc2c(c1)C=NC2. The number of hydrogen-bond acceptors (Lipinski definition) is 6. The maximum absolute atomic E-state index is 13.9. The topological polar surface area (TPSA) is 77.3 Å². The second-order valence-electron chi connectivity index (χ2n) is 9.02. The van der Waals surface area contributed by atoms with Crippen LogP contribution >= 0.6 is 0 Å². The quantitative estimate of drug-likeness (QED) is 0.504. The highest BCUT2D eigenvalue weighted by Gasteiger charge is 2.26. The van der Waals surface area contributed by atoms with Crippen LogP contribution in [0.15, 0.2) is 48.0 Å². The Bertz CT molecular complexity index is 1200. The zero-order valence-corrected chi connectivity index (χ0v) is 18.7. The van der Waals surface area contributed by atoms with Crippen molar-refractivity contribution in [1.29, 1.82) is 0 Å². The van der Waals surface area contributed by atoms with Gasteiger partial charge < -0.3 is 4.74 Å². The number of esters is 1. The average molecular weight is 450 g/mol. The van der Waals surface area contributed by atoms with Gasteiger partial charge in [-0.05, 0) is 51.0 Å². The van der Waals surface area contributed by atoms with Crippen molar-refractivity contribution in [3.8, 4) is 11.1 Å². The molecule has 33 heavy (non-hydrogen) atoms. The van der Waals surface area contributed by atoms with Crippen molar-refractivity contribution in [3.05, 3.63) is 77.1 Å². The lowest BCUT2D eigenvalue weighted by Crippen LogP contribution is -2.25. The van der Waals surface area contributed by atoms with Gasteiger partial charge in [0.05, 0.1) is 24.4 Å². The van der Waals surface area contributed by atoms with Crippen LogP contribution in [-0.4, -0.2) is 32.7 Å². The van der Waals surface area contributed by atoms with Crippen LogP contribution in [0, 0.1) is 11.6 Å². The molecule has 0 bridgehead atoms. The second-order valence-corrected chi connectivity index (χ2v) is 9.02. The molecule has 0 fully saturated rings. The molecule has 4 rings (SSSR count). The molecular weight excluding hydrogens is 426 g/mol. The summed E-state index contributed by atoms with van der Waals surface area (Å²) in [5.41, 5.74) is 3.61. The summed E-state index contributed by atoms with van der Waals surface area (Å²) >= 11 is 0. The number of aromatic nitrogens is 3. The van der Waals surface area contributed by atoms with Gasteiger partial charge in [0.25, 0.3) is 0 Å². The first kappa shape index (κ1) is 22.6. The van der Waals surface area contributed by atoms with Crippen molar-refractivity contribution in [1.82, 2.24) is 15.0 Å². The van der Waals surface area contributed by atoms with E-state index in [0.29, 0.717) is 23.4 Å². The summed E-state index contributed by atoms with van der Waals surface area (Å²) in [6, 6.07) is 5.30. The summed E-state index contributed by atoms with van der Waals surface area (Å²) in [6.45, 7) is 5.90. The summed E-state index contributed by atoms with van der Waals surface area (Å²) in [5.74, 6) is -2.27. The molecule has 1 aliphatic heterocycles. The minimum atomic E-state index is -0.675. The van der Waals surface area contributed by atoms with Gasteiger partial charge in [0, 0.05) is 47.3 Å². The van der Waals surface area contributed by atoms with Crippen LogP contribution in [0.25, 0.3) is 11.1 Å². The van der Waals surface area contributed by atoms with Crippen molar-refractivity contribution < 1.29 is 18.3 Å². The number of ether oxygens (including phenoxy) is 1. The van der Waals surface area contributed by atoms with E-state index in [2.05, 4.69) is 19.9 Å². The van der Waals surface area contributed by atoms with Crippen LogP contribution < -0.4 is 0 Å². The monoisotopic (exact) mass is 450 g/mol. The highest BCUT2D eigenvalue weighted by atomic mass is 19.1. The standard InChI is InChI=1S/C25H24F2N4O2/c1-25(2,3)33-23(32)8-16(4-15-5-19(26)9-20(27)6-15)24-21(12-29-14-31-24)17-7-18-10-28-13-22(18)30-11-17/h5-7,9-12,14,16H,4,8,13H2,1-3H3/t16-/m1/s1. The maximum Gasteiger partial charge on any atom is 0.306 e. The van der Waals surface area contributed by atoms with E-state index in [9.17, 15) is 13.6 Å². The largest absolute Gasteiger partial charge is 0.460 e. The second kappa shape index (κ2) is 9.13. The van der Waals surface area contributed by atoms with Crippen LogP contribution in [0.1, 0.15) is 55.6 Å². The number of hydrogen-bond donors (Lipinski definition) is 0. The Morgan fingerprint density at radius 1 is 1.09 bits per heavy atom. The molecule has 2 aromatic heterocycles. The fraction of sp³-hybridized carbons (Fsp3) is 0.320. The van der Waals surface area contributed by atoms with Gasteiger partial charge in [-0.25, -0.2) is 18.7 Å². The number of benzene rings is 1. The van der Waals surface area contributed by atoms with Gasteiger partial charge in [0.2, 0.25) is 0 Å². The van der Waals surface area contributed by atoms with Crippen LogP contribution in [-0.2, 0) is 22.5 Å². The van der Waals surface area contributed by atoms with Gasteiger partial charge in [-0.2, -0.15) is 0 Å². The first-order valence-electron chi connectivity index (χ1n) is 10.6. The number of halogens is 2. The van der Waals surface area contributed by atoms with Crippen molar-refractivity contribution in [2.75, 3.05) is 0 Å². The number of carbonyl (C=O) groups excluding carboxylic acids is 1. The molecule has 0 saturated carbocycles. The zero-order valence-electron chi connectivity index (χ0n) is 18.7. The van der Waals surface area contributed by atoms with Gasteiger partial charge in [-0.3, -0.25) is 14.8 Å². The number of carbonyl (C=O) groups is 1. The Balaban J connectivity index is 1.73. The molecule has 0 saturated heterocycles. The number of aliphatic imine (C=N–C) groups is 1. The Morgan fingerprint density at radius 2 is 1.85 bits per heavy atom. The van der Waals surface area contributed by atoms with Crippen LogP contribution in [0.4, 0.5) is 8.78 Å². The van der Waals surface area contributed by atoms with E-state index in [1.54, 1.807) is 39.4 Å². The van der Waals surface area contributed by atoms with E-state index in [0.717, 1.165) is 22.9 Å². The summed E-state index contributed by atoms with van der Waals surface area (Å²) in [6.07, 6.45) is 6.73. The lowest BCUT2D eigenvalue weighted by Gasteiger charge is -2.23. The molecule has 0 aliphatic carbocycles. The molecule has 0 unspecified atom stereocenters. The Labute approximate surface area is 190 Å². The smallest absolute Gasteiger partial charge is 0.306 e. The normalized spacial score (nSPS) is 13.6. The zero-order chi connectivity index (χ0) is 23.6. The third-order valence-electron chi connectivity index (χ3n) is 5.15. The molecule has 0 N–H and O–H groups in total. The molecule has 1 atom stereocenters. The summed E-state index contributed by atoms with van der Waals surface area (Å²) in [5, 5.41) is 0. The fourth-order valence-corrected chi connectivity index (χ4v) is 3.88. The fourth-order valence-electron chi connectivity index (χ4n) is 3.88. The maximum atomic E-state index is 13.9. The molecule has 3 heterocycles. The summed E-state index contributed by atoms with van der Waals surface area (Å²) in [7, 11) is 0. The summed E-state index contributed by atoms with van der Waals surface area (Å²) in [4.78, 5) is 30.1. The lowest BCUT2D eigenvalue weighted by molar-refractivity contribution is -0.155. The number of rotatable bonds is 6. The third kappa shape index (κ3) is 5.63. The minimum absolute atomic E-state index is 0.0146. The predicted molar refractivity (Wildman–Crippen MR) is 120 cm³/mol. The van der Waals surface area contributed by atoms with Gasteiger partial charge in [-0.15, -0.1) is 0 Å². The van der Waals surface area contributed by atoms with Gasteiger partial charge in [0.15, 0.2) is 0 Å². The number of pyridine rings is 1. The molecule has 6 nitrogen and oxygen atoms in total. The van der Waals surface area contributed by atoms with Crippen molar-refractivity contribution in [3.63, 3.8) is 0 Å². The van der Waals surface area contributed by atoms with Gasteiger partial charge in [0.1, 0.15) is 23.6 Å². The number of nitrogens with zero attached hydrogens (tertiary/aromatic N) is 4. The Hall–Kier alpha value is -3.55. The molecule has 1 aliphatic rings. The van der Waals surface area contributed by atoms with Gasteiger partial charge >= 0.3 is 5.97 Å². The third-order valence-corrected chi connectivity index (χ3v) is 5.15. The highest BCUT2D eigenvalue weighted by Crippen LogP contribution is 2.33. The first-order chi connectivity index (χ1) is 15.7. The Kier molecular flexibility index (Phi) is 6.26. The Morgan fingerprint density at radius 3 is 2.58 bits per heavy atom. The van der Waals surface area contributed by atoms with Gasteiger partial charge in [-0.1, -0.05) is 0 Å². The molecule has 170 valence electrons. The average Bonchev–Trinajstić information content (AvgIpc) is 3.19. The molecular formula is C25H24F2N4O2. The van der Waals surface area contributed by atoms with E-state index in [4.69, 9.17) is 4.74 Å². The van der Waals surface area contributed by atoms with E-state index < -0.39 is 29.1 Å². The molecule has 1 aromatic carbocycles. The van der Waals surface area contributed by atoms with E-state index >= 15 is 0 Å². The van der Waals surface area contributed by atoms with Crippen LogP contribution in [0.3, 0.4) is 0 Å². The molecule has 3 aromatic rings. The predicted octanol–water partition coefficient (Wildman–Crippen LogP) is 4.81.